The monoisotopic (exact) mass is 240 g/mol. The lowest BCUT2D eigenvalue weighted by molar-refractivity contribution is 0.379. The van der Waals surface area contributed by atoms with E-state index in [2.05, 4.69) is 5.18 Å². The topological polar surface area (TPSA) is 52.9 Å². The van der Waals surface area contributed by atoms with Crippen LogP contribution in [0, 0.1) is 16.5 Å². The molecule has 90 valence electrons. The van der Waals surface area contributed by atoms with Crippen LogP contribution in [-0.4, -0.2) is 18.2 Å². The number of hydrogen-bond donors (Lipinski definition) is 1. The molecule has 0 radical (unpaired) electrons. The number of anilines is 1. The average molecular weight is 240 g/mol. The van der Waals surface area contributed by atoms with Gasteiger partial charge in [-0.15, -0.1) is 4.91 Å². The summed E-state index contributed by atoms with van der Waals surface area (Å²) < 4.78 is 27.0. The highest BCUT2D eigenvalue weighted by molar-refractivity contribution is 5.56. The van der Waals surface area contributed by atoms with Crippen molar-refractivity contribution in [2.45, 2.75) is 6.42 Å². The molecule has 0 aromatic heterocycles. The molecule has 17 heavy (non-hydrogen) atoms. The standard InChI is InChI=1S/C11H10F2N2O2/c12-10-8(14-17)1-2-9(11(10)13)15-5-3-7(16)4-6-15/h1-3,16H,4-6H2. The van der Waals surface area contributed by atoms with Crippen LogP contribution in [0.25, 0.3) is 0 Å². The Hall–Kier alpha value is -1.98. The summed E-state index contributed by atoms with van der Waals surface area (Å²) in [5.74, 6) is -2.08. The van der Waals surface area contributed by atoms with Gasteiger partial charge in [-0.25, -0.2) is 8.78 Å². The largest absolute Gasteiger partial charge is 0.513 e. The molecule has 1 aliphatic rings. The van der Waals surface area contributed by atoms with E-state index in [-0.39, 0.29) is 11.4 Å². The zero-order chi connectivity index (χ0) is 12.4. The minimum Gasteiger partial charge on any atom is -0.513 e. The third-order valence-electron chi connectivity index (χ3n) is 2.67. The van der Waals surface area contributed by atoms with Crippen molar-refractivity contribution in [2.24, 2.45) is 5.18 Å². The van der Waals surface area contributed by atoms with Crippen LogP contribution in [0.4, 0.5) is 20.2 Å². The van der Waals surface area contributed by atoms with Crippen LogP contribution in [0.1, 0.15) is 6.42 Å². The van der Waals surface area contributed by atoms with Gasteiger partial charge in [0.15, 0.2) is 11.6 Å². The van der Waals surface area contributed by atoms with E-state index in [4.69, 9.17) is 0 Å². The first-order valence-electron chi connectivity index (χ1n) is 5.07. The molecule has 0 saturated carbocycles. The SMILES string of the molecule is O=Nc1ccc(N2CC=C(O)CC2)c(F)c1F. The van der Waals surface area contributed by atoms with E-state index < -0.39 is 17.3 Å². The molecule has 1 heterocycles. The van der Waals surface area contributed by atoms with Gasteiger partial charge in [0.1, 0.15) is 5.69 Å². The number of halogens is 2. The van der Waals surface area contributed by atoms with Crippen molar-refractivity contribution in [2.75, 3.05) is 18.0 Å². The zero-order valence-electron chi connectivity index (χ0n) is 8.86. The third kappa shape index (κ3) is 2.11. The first-order valence-corrected chi connectivity index (χ1v) is 5.07. The fourth-order valence-electron chi connectivity index (χ4n) is 1.72. The summed E-state index contributed by atoms with van der Waals surface area (Å²) in [6.07, 6.45) is 1.92. The summed E-state index contributed by atoms with van der Waals surface area (Å²) in [5.41, 5.74) is -0.472. The average Bonchev–Trinajstić information content (AvgIpc) is 2.34. The molecule has 0 unspecified atom stereocenters. The number of aliphatic hydroxyl groups is 1. The van der Waals surface area contributed by atoms with E-state index in [1.165, 1.54) is 12.1 Å². The van der Waals surface area contributed by atoms with Crippen LogP contribution in [0.5, 0.6) is 0 Å². The van der Waals surface area contributed by atoms with E-state index in [9.17, 15) is 18.8 Å². The molecule has 0 amide bonds. The fraction of sp³-hybridized carbons (Fsp3) is 0.273. The van der Waals surface area contributed by atoms with Crippen molar-refractivity contribution in [1.82, 2.24) is 0 Å². The highest BCUT2D eigenvalue weighted by Gasteiger charge is 2.20. The molecule has 6 heteroatoms. The molecule has 0 atom stereocenters. The van der Waals surface area contributed by atoms with Gasteiger partial charge in [0.05, 0.1) is 11.4 Å². The molecule has 0 spiro atoms. The van der Waals surface area contributed by atoms with Gasteiger partial charge in [0.25, 0.3) is 0 Å². The van der Waals surface area contributed by atoms with Gasteiger partial charge >= 0.3 is 0 Å². The van der Waals surface area contributed by atoms with Crippen LogP contribution in [-0.2, 0) is 0 Å². The number of rotatable bonds is 2. The van der Waals surface area contributed by atoms with Crippen LogP contribution < -0.4 is 4.90 Å². The third-order valence-corrected chi connectivity index (χ3v) is 2.67. The summed E-state index contributed by atoms with van der Waals surface area (Å²) in [4.78, 5) is 11.8. The number of benzene rings is 1. The predicted octanol–water partition coefficient (Wildman–Crippen LogP) is 3.01. The van der Waals surface area contributed by atoms with Gasteiger partial charge in [-0.3, -0.25) is 0 Å². The van der Waals surface area contributed by atoms with E-state index in [1.54, 1.807) is 4.90 Å². The van der Waals surface area contributed by atoms with Crippen LogP contribution in [0.15, 0.2) is 29.1 Å². The minimum absolute atomic E-state index is 0.0682. The second-order valence-electron chi connectivity index (χ2n) is 3.71. The van der Waals surface area contributed by atoms with Crippen molar-refractivity contribution >= 4 is 11.4 Å². The normalized spacial score (nSPS) is 15.6. The summed E-state index contributed by atoms with van der Waals surface area (Å²) in [5, 5.41) is 11.6. The Morgan fingerprint density at radius 3 is 2.65 bits per heavy atom. The molecule has 0 fully saturated rings. The molecule has 1 N–H and O–H groups in total. The van der Waals surface area contributed by atoms with Gasteiger partial charge in [0.2, 0.25) is 0 Å². The fourth-order valence-corrected chi connectivity index (χ4v) is 1.72. The maximum atomic E-state index is 13.6. The van der Waals surface area contributed by atoms with Gasteiger partial charge in [-0.1, -0.05) is 0 Å². The van der Waals surface area contributed by atoms with Crippen molar-refractivity contribution in [1.29, 1.82) is 0 Å². The second kappa shape index (κ2) is 4.48. The predicted molar refractivity (Wildman–Crippen MR) is 59.4 cm³/mol. The van der Waals surface area contributed by atoms with Crippen LogP contribution in [0.2, 0.25) is 0 Å². The maximum absolute atomic E-state index is 13.6. The zero-order valence-corrected chi connectivity index (χ0v) is 8.86. The Bertz CT molecular complexity index is 489. The first-order chi connectivity index (χ1) is 8.13. The number of aliphatic hydroxyl groups excluding tert-OH is 1. The Morgan fingerprint density at radius 1 is 1.29 bits per heavy atom. The quantitative estimate of drug-likeness (QED) is 0.808. The molecule has 1 aromatic rings. The molecule has 1 aliphatic heterocycles. The lowest BCUT2D eigenvalue weighted by atomic mass is 10.1. The van der Waals surface area contributed by atoms with Crippen LogP contribution in [0.3, 0.4) is 0 Å². The lowest BCUT2D eigenvalue weighted by Crippen LogP contribution is -2.29. The highest BCUT2D eigenvalue weighted by Crippen LogP contribution is 2.29. The molecular weight excluding hydrogens is 230 g/mol. The molecule has 0 saturated heterocycles. The lowest BCUT2D eigenvalue weighted by Gasteiger charge is -2.27. The number of hydrogen-bond acceptors (Lipinski definition) is 4. The summed E-state index contributed by atoms with van der Waals surface area (Å²) in [6.45, 7) is 0.697. The highest BCUT2D eigenvalue weighted by atomic mass is 19.2. The van der Waals surface area contributed by atoms with E-state index in [0.717, 1.165) is 6.07 Å². The Balaban J connectivity index is 2.34. The van der Waals surface area contributed by atoms with Gasteiger partial charge in [-0.05, 0) is 23.4 Å². The summed E-state index contributed by atoms with van der Waals surface area (Å²) in [7, 11) is 0. The minimum atomic E-state index is -1.24. The molecule has 0 bridgehead atoms. The van der Waals surface area contributed by atoms with E-state index >= 15 is 0 Å². The van der Waals surface area contributed by atoms with Crippen molar-refractivity contribution in [3.8, 4) is 0 Å². The Morgan fingerprint density at radius 2 is 2.06 bits per heavy atom. The number of nitroso groups, excluding NO2 is 1. The van der Waals surface area contributed by atoms with Gasteiger partial charge in [-0.2, -0.15) is 0 Å². The Labute approximate surface area is 96.1 Å². The first kappa shape index (κ1) is 11.5. The van der Waals surface area contributed by atoms with Gasteiger partial charge < -0.3 is 10.0 Å². The second-order valence-corrected chi connectivity index (χ2v) is 3.71. The van der Waals surface area contributed by atoms with E-state index in [0.29, 0.717) is 19.5 Å². The molecule has 0 aliphatic carbocycles. The molecule has 2 rings (SSSR count). The molecular formula is C11H10F2N2O2. The van der Waals surface area contributed by atoms with Crippen LogP contribution >= 0.6 is 0 Å². The van der Waals surface area contributed by atoms with Crippen molar-refractivity contribution in [3.63, 3.8) is 0 Å². The molecule has 1 aromatic carbocycles. The summed E-state index contributed by atoms with van der Waals surface area (Å²) >= 11 is 0. The van der Waals surface area contributed by atoms with Crippen molar-refractivity contribution < 1.29 is 13.9 Å². The number of nitrogens with zero attached hydrogens (tertiary/aromatic N) is 2. The van der Waals surface area contributed by atoms with E-state index in [1.807, 2.05) is 0 Å². The maximum Gasteiger partial charge on any atom is 0.190 e. The summed E-state index contributed by atoms with van der Waals surface area (Å²) in [6, 6.07) is 2.45. The Kier molecular flexibility index (Phi) is 3.03. The molecule has 4 nitrogen and oxygen atoms in total. The van der Waals surface area contributed by atoms with Crippen molar-refractivity contribution in [3.05, 3.63) is 40.5 Å². The smallest absolute Gasteiger partial charge is 0.190 e. The van der Waals surface area contributed by atoms with Gasteiger partial charge in [0, 0.05) is 19.5 Å².